The Hall–Kier alpha value is -2.27. The molecule has 21 heavy (non-hydrogen) atoms. The van der Waals surface area contributed by atoms with E-state index in [2.05, 4.69) is 32.1 Å². The number of hydrogen-bond donors (Lipinski definition) is 0. The van der Waals surface area contributed by atoms with E-state index in [1.807, 2.05) is 36.1 Å². The van der Waals surface area contributed by atoms with Crippen molar-refractivity contribution in [1.29, 1.82) is 0 Å². The van der Waals surface area contributed by atoms with E-state index in [-0.39, 0.29) is 0 Å². The summed E-state index contributed by atoms with van der Waals surface area (Å²) in [7, 11) is 0. The molecular formula is C16H17N5. The maximum absolute atomic E-state index is 4.54. The van der Waals surface area contributed by atoms with Crippen molar-refractivity contribution >= 4 is 5.52 Å². The minimum Gasteiger partial charge on any atom is -0.294 e. The van der Waals surface area contributed by atoms with Crippen molar-refractivity contribution in [2.45, 2.75) is 26.4 Å². The minimum absolute atomic E-state index is 0.866. The van der Waals surface area contributed by atoms with Crippen LogP contribution in [0.4, 0.5) is 0 Å². The number of nitrogens with zero attached hydrogens (tertiary/aromatic N) is 5. The molecule has 106 valence electrons. The van der Waals surface area contributed by atoms with Crippen LogP contribution in [0.5, 0.6) is 0 Å². The van der Waals surface area contributed by atoms with Gasteiger partial charge in [0.25, 0.3) is 0 Å². The normalized spacial score (nSPS) is 15.3. The summed E-state index contributed by atoms with van der Waals surface area (Å²) in [5.41, 5.74) is 4.91. The molecular weight excluding hydrogens is 262 g/mol. The standard InChI is InChI=1S/C16H17N5/c1-12-17-8-13-10-20(7-5-15(13)19-12)11-14-9-18-21-6-3-2-4-16(14)21/h2-4,6,8-9H,5,7,10-11H2,1H3. The van der Waals surface area contributed by atoms with Gasteiger partial charge in [0.15, 0.2) is 0 Å². The van der Waals surface area contributed by atoms with Crippen molar-refractivity contribution in [2.24, 2.45) is 0 Å². The van der Waals surface area contributed by atoms with Gasteiger partial charge in [-0.05, 0) is 19.1 Å². The van der Waals surface area contributed by atoms with E-state index in [0.29, 0.717) is 0 Å². The summed E-state index contributed by atoms with van der Waals surface area (Å²) in [5.74, 6) is 0.866. The highest BCUT2D eigenvalue weighted by molar-refractivity contribution is 5.53. The first-order chi connectivity index (χ1) is 10.3. The zero-order valence-electron chi connectivity index (χ0n) is 12.0. The summed E-state index contributed by atoms with van der Waals surface area (Å²) in [6, 6.07) is 6.18. The molecule has 0 radical (unpaired) electrons. The first-order valence-electron chi connectivity index (χ1n) is 7.24. The molecule has 0 bridgehead atoms. The van der Waals surface area contributed by atoms with Crippen molar-refractivity contribution in [3.63, 3.8) is 0 Å². The van der Waals surface area contributed by atoms with Crippen LogP contribution in [0.25, 0.3) is 5.52 Å². The number of hydrogen-bond acceptors (Lipinski definition) is 4. The van der Waals surface area contributed by atoms with Crippen molar-refractivity contribution < 1.29 is 0 Å². The fourth-order valence-electron chi connectivity index (χ4n) is 2.96. The Morgan fingerprint density at radius 2 is 2.19 bits per heavy atom. The van der Waals surface area contributed by atoms with E-state index in [0.717, 1.165) is 31.9 Å². The number of fused-ring (bicyclic) bond motifs is 2. The highest BCUT2D eigenvalue weighted by Crippen LogP contribution is 2.20. The Kier molecular flexibility index (Phi) is 2.93. The van der Waals surface area contributed by atoms with E-state index >= 15 is 0 Å². The Balaban J connectivity index is 1.57. The van der Waals surface area contributed by atoms with Crippen LogP contribution >= 0.6 is 0 Å². The van der Waals surface area contributed by atoms with Crippen LogP contribution in [0, 0.1) is 6.92 Å². The average Bonchev–Trinajstić information content (AvgIpc) is 2.91. The molecule has 1 aliphatic rings. The summed E-state index contributed by atoms with van der Waals surface area (Å²) in [5, 5.41) is 4.41. The van der Waals surface area contributed by atoms with Crippen molar-refractivity contribution in [3.8, 4) is 0 Å². The predicted octanol–water partition coefficient (Wildman–Crippen LogP) is 1.99. The van der Waals surface area contributed by atoms with E-state index in [4.69, 9.17) is 0 Å². The first kappa shape index (κ1) is 12.5. The highest BCUT2D eigenvalue weighted by Gasteiger charge is 2.19. The van der Waals surface area contributed by atoms with Gasteiger partial charge in [-0.1, -0.05) is 6.07 Å². The number of pyridine rings is 1. The van der Waals surface area contributed by atoms with Gasteiger partial charge < -0.3 is 0 Å². The largest absolute Gasteiger partial charge is 0.294 e. The first-order valence-corrected chi connectivity index (χ1v) is 7.24. The van der Waals surface area contributed by atoms with Gasteiger partial charge in [0.2, 0.25) is 0 Å². The average molecular weight is 279 g/mol. The maximum atomic E-state index is 4.54. The molecule has 4 heterocycles. The van der Waals surface area contributed by atoms with Crippen LogP contribution in [-0.2, 0) is 19.5 Å². The monoisotopic (exact) mass is 279 g/mol. The Labute approximate surface area is 123 Å². The second-order valence-corrected chi connectivity index (χ2v) is 5.55. The third-order valence-corrected chi connectivity index (χ3v) is 4.03. The molecule has 5 heteroatoms. The zero-order valence-corrected chi connectivity index (χ0v) is 12.0. The third kappa shape index (κ3) is 2.29. The topological polar surface area (TPSA) is 46.3 Å². The van der Waals surface area contributed by atoms with Gasteiger partial charge in [-0.25, -0.2) is 14.5 Å². The lowest BCUT2D eigenvalue weighted by Gasteiger charge is -2.27. The molecule has 0 aliphatic carbocycles. The van der Waals surface area contributed by atoms with Crippen molar-refractivity contribution in [3.05, 3.63) is 59.4 Å². The van der Waals surface area contributed by atoms with Gasteiger partial charge in [0.05, 0.1) is 11.7 Å². The number of aromatic nitrogens is 4. The zero-order chi connectivity index (χ0) is 14.2. The van der Waals surface area contributed by atoms with Gasteiger partial charge >= 0.3 is 0 Å². The van der Waals surface area contributed by atoms with Crippen LogP contribution < -0.4 is 0 Å². The molecule has 3 aromatic heterocycles. The van der Waals surface area contributed by atoms with Crippen LogP contribution in [0.1, 0.15) is 22.6 Å². The minimum atomic E-state index is 0.866. The van der Waals surface area contributed by atoms with Crippen molar-refractivity contribution in [1.82, 2.24) is 24.5 Å². The van der Waals surface area contributed by atoms with Crippen LogP contribution in [-0.4, -0.2) is 31.0 Å². The third-order valence-electron chi connectivity index (χ3n) is 4.03. The molecule has 0 N–H and O–H groups in total. The molecule has 3 aromatic rings. The fourth-order valence-corrected chi connectivity index (χ4v) is 2.96. The molecule has 0 saturated carbocycles. The second kappa shape index (κ2) is 4.93. The summed E-state index contributed by atoms with van der Waals surface area (Å²) >= 11 is 0. The van der Waals surface area contributed by atoms with E-state index < -0.39 is 0 Å². The molecule has 0 fully saturated rings. The Morgan fingerprint density at radius 1 is 1.24 bits per heavy atom. The van der Waals surface area contributed by atoms with E-state index in [1.165, 1.54) is 22.3 Å². The van der Waals surface area contributed by atoms with Gasteiger partial charge in [-0.15, -0.1) is 0 Å². The molecule has 0 spiro atoms. The fraction of sp³-hybridized carbons (Fsp3) is 0.312. The van der Waals surface area contributed by atoms with E-state index in [1.54, 1.807) is 0 Å². The van der Waals surface area contributed by atoms with Crippen LogP contribution in [0.3, 0.4) is 0 Å². The summed E-state index contributed by atoms with van der Waals surface area (Å²) in [6.07, 6.45) is 6.93. The van der Waals surface area contributed by atoms with Crippen LogP contribution in [0.2, 0.25) is 0 Å². The van der Waals surface area contributed by atoms with Gasteiger partial charge in [0, 0.05) is 55.3 Å². The van der Waals surface area contributed by atoms with Crippen molar-refractivity contribution in [2.75, 3.05) is 6.54 Å². The lowest BCUT2D eigenvalue weighted by Crippen LogP contribution is -2.31. The number of aryl methyl sites for hydroxylation is 1. The van der Waals surface area contributed by atoms with Gasteiger partial charge in [-0.3, -0.25) is 4.90 Å². The summed E-state index contributed by atoms with van der Waals surface area (Å²) in [4.78, 5) is 11.3. The predicted molar refractivity (Wildman–Crippen MR) is 79.8 cm³/mol. The summed E-state index contributed by atoms with van der Waals surface area (Å²) in [6.45, 7) is 4.82. The van der Waals surface area contributed by atoms with Gasteiger partial charge in [0.1, 0.15) is 5.82 Å². The SMILES string of the molecule is Cc1ncc2c(n1)CCN(Cc1cnn3ccccc13)C2. The molecule has 0 amide bonds. The highest BCUT2D eigenvalue weighted by atomic mass is 15.2. The maximum Gasteiger partial charge on any atom is 0.125 e. The smallest absolute Gasteiger partial charge is 0.125 e. The lowest BCUT2D eigenvalue weighted by molar-refractivity contribution is 0.243. The lowest BCUT2D eigenvalue weighted by atomic mass is 10.1. The molecule has 1 aliphatic heterocycles. The molecule has 0 unspecified atom stereocenters. The Bertz CT molecular complexity index is 792. The quantitative estimate of drug-likeness (QED) is 0.720. The number of rotatable bonds is 2. The second-order valence-electron chi connectivity index (χ2n) is 5.55. The molecule has 0 aromatic carbocycles. The Morgan fingerprint density at radius 3 is 3.14 bits per heavy atom. The molecule has 4 rings (SSSR count). The molecule has 0 atom stereocenters. The summed E-state index contributed by atoms with van der Waals surface area (Å²) < 4.78 is 1.93. The molecule has 0 saturated heterocycles. The van der Waals surface area contributed by atoms with Crippen LogP contribution in [0.15, 0.2) is 36.8 Å². The van der Waals surface area contributed by atoms with E-state index in [9.17, 15) is 0 Å². The van der Waals surface area contributed by atoms with Gasteiger partial charge in [-0.2, -0.15) is 5.10 Å². The molecule has 5 nitrogen and oxygen atoms in total.